The van der Waals surface area contributed by atoms with Gasteiger partial charge < -0.3 is 9.64 Å². The van der Waals surface area contributed by atoms with Crippen LogP contribution in [0.25, 0.3) is 0 Å². The van der Waals surface area contributed by atoms with Gasteiger partial charge in [0, 0.05) is 36.8 Å². The van der Waals surface area contributed by atoms with E-state index in [1.165, 1.54) is 0 Å². The lowest BCUT2D eigenvalue weighted by atomic mass is 10.1. The quantitative estimate of drug-likeness (QED) is 0.762. The molecule has 0 radical (unpaired) electrons. The number of carbonyl (C=O) groups is 1. The topological polar surface area (TPSA) is 55.3 Å². The zero-order chi connectivity index (χ0) is 17.6. The number of nitrogens with zero attached hydrogens (tertiary/aromatic N) is 3. The zero-order valence-corrected chi connectivity index (χ0v) is 15.3. The fraction of sp³-hybridized carbons (Fsp3) is 0.389. The van der Waals surface area contributed by atoms with E-state index >= 15 is 0 Å². The van der Waals surface area contributed by atoms with E-state index in [2.05, 4.69) is 25.9 Å². The Hall–Kier alpha value is -2.02. The summed E-state index contributed by atoms with van der Waals surface area (Å²) in [6, 6.07) is 8.14. The van der Waals surface area contributed by atoms with Gasteiger partial charge in [-0.15, -0.1) is 0 Å². The molecule has 0 atom stereocenters. The highest BCUT2D eigenvalue weighted by molar-refractivity contribution is 9.10. The standard InChI is InChI=1S/C18H19BrFN3O2/c19-16-4-2-1-3-13(16)5-6-17(24)23-9-7-15(8-10-23)25-18-21-11-14(20)12-22-18/h1-4,11-12,15H,5-10H2. The van der Waals surface area contributed by atoms with Gasteiger partial charge in [-0.25, -0.2) is 14.4 Å². The van der Waals surface area contributed by atoms with Gasteiger partial charge >= 0.3 is 6.01 Å². The van der Waals surface area contributed by atoms with Crippen LogP contribution in [0.3, 0.4) is 0 Å². The van der Waals surface area contributed by atoms with Gasteiger partial charge in [0.1, 0.15) is 6.10 Å². The number of halogens is 2. The molecule has 132 valence electrons. The van der Waals surface area contributed by atoms with Gasteiger partial charge in [0.05, 0.1) is 12.4 Å². The molecule has 1 aliphatic rings. The number of piperidine rings is 1. The van der Waals surface area contributed by atoms with Gasteiger partial charge in [0.25, 0.3) is 0 Å². The number of aromatic nitrogens is 2. The van der Waals surface area contributed by atoms with Gasteiger partial charge in [-0.2, -0.15) is 0 Å². The van der Waals surface area contributed by atoms with Crippen molar-refractivity contribution in [2.24, 2.45) is 0 Å². The summed E-state index contributed by atoms with van der Waals surface area (Å²) >= 11 is 3.51. The lowest BCUT2D eigenvalue weighted by Crippen LogP contribution is -2.42. The van der Waals surface area contributed by atoms with Crippen molar-refractivity contribution in [2.45, 2.75) is 31.8 Å². The van der Waals surface area contributed by atoms with Gasteiger partial charge in [-0.3, -0.25) is 4.79 Å². The van der Waals surface area contributed by atoms with Crippen LogP contribution in [0.4, 0.5) is 4.39 Å². The highest BCUT2D eigenvalue weighted by atomic mass is 79.9. The summed E-state index contributed by atoms with van der Waals surface area (Å²) in [7, 11) is 0. The van der Waals surface area contributed by atoms with E-state index in [4.69, 9.17) is 4.74 Å². The van der Waals surface area contributed by atoms with Crippen LogP contribution in [0, 0.1) is 5.82 Å². The number of amides is 1. The summed E-state index contributed by atoms with van der Waals surface area (Å²) < 4.78 is 19.5. The number of carbonyl (C=O) groups excluding carboxylic acids is 1. The molecule has 1 aromatic heterocycles. The number of hydrogen-bond acceptors (Lipinski definition) is 4. The predicted octanol–water partition coefficient (Wildman–Crippen LogP) is 3.38. The first-order valence-corrected chi connectivity index (χ1v) is 9.06. The van der Waals surface area contributed by atoms with Crippen LogP contribution in [0.2, 0.25) is 0 Å². The number of ether oxygens (including phenoxy) is 1. The first kappa shape index (κ1) is 17.8. The molecule has 0 unspecified atom stereocenters. The third kappa shape index (κ3) is 4.98. The van der Waals surface area contributed by atoms with Crippen molar-refractivity contribution < 1.29 is 13.9 Å². The molecule has 5 nitrogen and oxygen atoms in total. The largest absolute Gasteiger partial charge is 0.460 e. The Bertz CT molecular complexity index is 719. The summed E-state index contributed by atoms with van der Waals surface area (Å²) in [5, 5.41) is 0. The Labute approximate surface area is 154 Å². The summed E-state index contributed by atoms with van der Waals surface area (Å²) in [5.41, 5.74) is 1.14. The maximum absolute atomic E-state index is 12.8. The molecule has 0 aliphatic carbocycles. The molecule has 0 bridgehead atoms. The molecular formula is C18H19BrFN3O2. The molecule has 1 aromatic carbocycles. The molecular weight excluding hydrogens is 389 g/mol. The minimum atomic E-state index is -0.488. The van der Waals surface area contributed by atoms with E-state index in [1.807, 2.05) is 29.2 Å². The molecule has 1 aliphatic heterocycles. The maximum atomic E-state index is 12.8. The SMILES string of the molecule is O=C(CCc1ccccc1Br)N1CCC(Oc2ncc(F)cn2)CC1. The molecule has 0 N–H and O–H groups in total. The second-order valence-electron chi connectivity index (χ2n) is 5.97. The van der Waals surface area contributed by atoms with E-state index in [1.54, 1.807) is 0 Å². The summed E-state index contributed by atoms with van der Waals surface area (Å²) in [5.74, 6) is -0.329. The van der Waals surface area contributed by atoms with Crippen molar-refractivity contribution in [3.63, 3.8) is 0 Å². The second kappa shape index (κ2) is 8.38. The molecule has 3 rings (SSSR count). The lowest BCUT2D eigenvalue weighted by Gasteiger charge is -2.31. The third-order valence-corrected chi connectivity index (χ3v) is 5.00. The first-order valence-electron chi connectivity index (χ1n) is 8.27. The molecule has 0 saturated carbocycles. The van der Waals surface area contributed by atoms with Crippen LogP contribution in [0.1, 0.15) is 24.8 Å². The molecule has 2 heterocycles. The highest BCUT2D eigenvalue weighted by Gasteiger charge is 2.24. The number of benzene rings is 1. The minimum Gasteiger partial charge on any atom is -0.460 e. The molecule has 1 amide bonds. The van der Waals surface area contributed by atoms with Gasteiger partial charge in [0.2, 0.25) is 5.91 Å². The van der Waals surface area contributed by atoms with Crippen molar-refractivity contribution in [2.75, 3.05) is 13.1 Å². The fourth-order valence-corrected chi connectivity index (χ4v) is 3.32. The van der Waals surface area contributed by atoms with Gasteiger partial charge in [-0.05, 0) is 18.1 Å². The first-order chi connectivity index (χ1) is 12.1. The third-order valence-electron chi connectivity index (χ3n) is 4.23. The van der Waals surface area contributed by atoms with Crippen LogP contribution >= 0.6 is 15.9 Å². The van der Waals surface area contributed by atoms with E-state index < -0.39 is 5.82 Å². The Balaban J connectivity index is 1.44. The van der Waals surface area contributed by atoms with E-state index in [-0.39, 0.29) is 18.0 Å². The molecule has 0 spiro atoms. The highest BCUT2D eigenvalue weighted by Crippen LogP contribution is 2.20. The van der Waals surface area contributed by atoms with E-state index in [9.17, 15) is 9.18 Å². The van der Waals surface area contributed by atoms with Crippen LogP contribution in [0.15, 0.2) is 41.1 Å². The molecule has 7 heteroatoms. The molecule has 25 heavy (non-hydrogen) atoms. The Morgan fingerprint density at radius 1 is 1.24 bits per heavy atom. The number of likely N-dealkylation sites (tertiary alicyclic amines) is 1. The van der Waals surface area contributed by atoms with E-state index in [0.717, 1.165) is 41.7 Å². The van der Waals surface area contributed by atoms with Crippen molar-refractivity contribution in [1.29, 1.82) is 0 Å². The van der Waals surface area contributed by atoms with Crippen LogP contribution < -0.4 is 4.74 Å². The average molecular weight is 408 g/mol. The molecule has 2 aromatic rings. The predicted molar refractivity (Wildman–Crippen MR) is 94.7 cm³/mol. The summed E-state index contributed by atoms with van der Waals surface area (Å²) in [6.45, 7) is 1.31. The zero-order valence-electron chi connectivity index (χ0n) is 13.7. The Kier molecular flexibility index (Phi) is 5.96. The average Bonchev–Trinajstić information content (AvgIpc) is 2.63. The molecule has 1 saturated heterocycles. The van der Waals surface area contributed by atoms with Crippen LogP contribution in [0.5, 0.6) is 6.01 Å². The number of aryl methyl sites for hydroxylation is 1. The number of hydrogen-bond donors (Lipinski definition) is 0. The summed E-state index contributed by atoms with van der Waals surface area (Å²) in [4.78, 5) is 21.9. The Morgan fingerprint density at radius 3 is 2.60 bits per heavy atom. The second-order valence-corrected chi connectivity index (χ2v) is 6.83. The van der Waals surface area contributed by atoms with Crippen molar-refractivity contribution in [3.8, 4) is 6.01 Å². The monoisotopic (exact) mass is 407 g/mol. The number of rotatable bonds is 5. The smallest absolute Gasteiger partial charge is 0.316 e. The molecule has 1 fully saturated rings. The van der Waals surface area contributed by atoms with Crippen molar-refractivity contribution >= 4 is 21.8 Å². The normalized spacial score (nSPS) is 15.2. The minimum absolute atomic E-state index is 0.0437. The van der Waals surface area contributed by atoms with Crippen molar-refractivity contribution in [1.82, 2.24) is 14.9 Å². The van der Waals surface area contributed by atoms with Gasteiger partial charge in [0.15, 0.2) is 5.82 Å². The fourth-order valence-electron chi connectivity index (χ4n) is 2.83. The maximum Gasteiger partial charge on any atom is 0.316 e. The van der Waals surface area contributed by atoms with Crippen molar-refractivity contribution in [3.05, 3.63) is 52.5 Å². The van der Waals surface area contributed by atoms with Crippen LogP contribution in [-0.2, 0) is 11.2 Å². The summed E-state index contributed by atoms with van der Waals surface area (Å²) in [6.07, 6.45) is 4.79. The van der Waals surface area contributed by atoms with Gasteiger partial charge in [-0.1, -0.05) is 34.1 Å². The lowest BCUT2D eigenvalue weighted by molar-refractivity contribution is -0.133. The Morgan fingerprint density at radius 2 is 1.92 bits per heavy atom. The van der Waals surface area contributed by atoms with Crippen LogP contribution in [-0.4, -0.2) is 40.0 Å². The van der Waals surface area contributed by atoms with E-state index in [0.29, 0.717) is 19.5 Å².